The number of carbonyl (C=O) groups excluding carboxylic acids is 1. The van der Waals surface area contributed by atoms with Gasteiger partial charge in [0.2, 0.25) is 5.95 Å². The molecule has 1 amide bonds. The van der Waals surface area contributed by atoms with Crippen LogP contribution in [0.1, 0.15) is 54.6 Å². The van der Waals surface area contributed by atoms with Gasteiger partial charge in [0.15, 0.2) is 11.2 Å². The normalized spacial score (nSPS) is 16.8. The van der Waals surface area contributed by atoms with Gasteiger partial charge in [-0.2, -0.15) is 17.1 Å². The number of carbonyl (C=O) groups is 3. The minimum atomic E-state index is -1.31. The predicted octanol–water partition coefficient (Wildman–Crippen LogP) is 2.35. The topological polar surface area (TPSA) is 261 Å². The number of amides is 1. The average molecular weight is 749 g/mol. The summed E-state index contributed by atoms with van der Waals surface area (Å²) in [6, 6.07) is 4.70. The Morgan fingerprint density at radius 3 is 2.27 bits per heavy atom. The van der Waals surface area contributed by atoms with Gasteiger partial charge in [0.25, 0.3) is 11.5 Å². The summed E-state index contributed by atoms with van der Waals surface area (Å²) < 4.78 is 0. The van der Waals surface area contributed by atoms with E-state index in [1.807, 2.05) is 0 Å². The molecular weight excluding hydrogens is 717 g/mol. The number of anilines is 2. The number of fused-ring (bicyclic) bond motifs is 1. The Kier molecular flexibility index (Phi) is 12.8. The van der Waals surface area contributed by atoms with Crippen LogP contribution in [0.3, 0.4) is 0 Å². The summed E-state index contributed by atoms with van der Waals surface area (Å²) in [6.45, 7) is 0.231. The van der Waals surface area contributed by atoms with Crippen molar-refractivity contribution in [2.45, 2.75) is 63.2 Å². The molecule has 222 valence electrons. The molecule has 15 nitrogen and oxygen atoms in total. The van der Waals surface area contributed by atoms with Crippen LogP contribution in [0.25, 0.3) is 22.6 Å². The largest absolute Gasteiger partial charge is 2.00 e. The van der Waals surface area contributed by atoms with Crippen molar-refractivity contribution in [2.75, 3.05) is 11.1 Å². The quantitative estimate of drug-likeness (QED) is 0.185. The second-order valence-electron chi connectivity index (χ2n) is 9.21. The number of nitrogens with two attached hydrogens (primary N) is 1. The Morgan fingerprint density at radius 2 is 1.71 bits per heavy atom. The second kappa shape index (κ2) is 15.7. The van der Waals surface area contributed by atoms with Gasteiger partial charge in [-0.1, -0.05) is 25.7 Å². The molecule has 0 saturated heterocycles. The molecule has 41 heavy (non-hydrogen) atoms. The minimum absolute atomic E-state index is 0. The van der Waals surface area contributed by atoms with Crippen LogP contribution in [0, 0.1) is 0 Å². The van der Waals surface area contributed by atoms with E-state index in [9.17, 15) is 19.2 Å². The molecule has 0 bridgehead atoms. The molecule has 3 unspecified atom stereocenters. The van der Waals surface area contributed by atoms with Crippen LogP contribution < -0.4 is 21.9 Å². The molecular formula is C25H31N9O6Pt. The molecule has 2 heterocycles. The molecule has 3 atom stereocenters. The van der Waals surface area contributed by atoms with E-state index in [1.54, 1.807) is 12.1 Å². The van der Waals surface area contributed by atoms with Gasteiger partial charge in [-0.3, -0.25) is 19.4 Å². The van der Waals surface area contributed by atoms with E-state index in [1.165, 1.54) is 31.2 Å². The third-order valence-corrected chi connectivity index (χ3v) is 6.12. The van der Waals surface area contributed by atoms with Crippen molar-refractivity contribution >= 4 is 40.6 Å². The molecule has 1 saturated carbocycles. The fraction of sp³-hybridized carbons (Fsp3) is 0.400. The van der Waals surface area contributed by atoms with Crippen LogP contribution in [0.4, 0.5) is 11.6 Å². The van der Waals surface area contributed by atoms with Crippen molar-refractivity contribution in [3.8, 4) is 0 Å². The van der Waals surface area contributed by atoms with Crippen molar-refractivity contribution in [1.29, 1.82) is 0 Å². The monoisotopic (exact) mass is 748 g/mol. The average Bonchev–Trinajstić information content (AvgIpc) is 2.92. The summed E-state index contributed by atoms with van der Waals surface area (Å²) >= 11 is 0. The molecule has 1 aliphatic rings. The summed E-state index contributed by atoms with van der Waals surface area (Å²) in [5, 5.41) is 23.2. The first-order valence-corrected chi connectivity index (χ1v) is 12.6. The number of nitrogens with one attached hydrogen (secondary N) is 5. The van der Waals surface area contributed by atoms with E-state index in [2.05, 4.69) is 30.6 Å². The zero-order valence-corrected chi connectivity index (χ0v) is 24.1. The first kappa shape index (κ1) is 33.3. The van der Waals surface area contributed by atoms with Crippen LogP contribution in [0.2, 0.25) is 0 Å². The van der Waals surface area contributed by atoms with Gasteiger partial charge >= 0.3 is 33.0 Å². The van der Waals surface area contributed by atoms with Gasteiger partial charge in [0, 0.05) is 17.7 Å². The molecule has 2 aromatic heterocycles. The van der Waals surface area contributed by atoms with E-state index in [-0.39, 0.29) is 75.2 Å². The van der Waals surface area contributed by atoms with E-state index in [4.69, 9.17) is 27.4 Å². The van der Waals surface area contributed by atoms with Crippen LogP contribution in [0.15, 0.2) is 35.3 Å². The Hall–Kier alpha value is -3.94. The molecule has 16 heteroatoms. The molecule has 0 aliphatic heterocycles. The number of H-pyrrole nitrogens is 1. The smallest absolute Gasteiger partial charge is 0.676 e. The third-order valence-electron chi connectivity index (χ3n) is 6.12. The summed E-state index contributed by atoms with van der Waals surface area (Å²) in [7, 11) is 0. The maximum atomic E-state index is 12.3. The van der Waals surface area contributed by atoms with E-state index in [0.29, 0.717) is 11.4 Å². The zero-order chi connectivity index (χ0) is 29.2. The Morgan fingerprint density at radius 1 is 1.07 bits per heavy atom. The fourth-order valence-corrected chi connectivity index (χ4v) is 3.89. The molecule has 0 radical (unpaired) electrons. The minimum Gasteiger partial charge on any atom is -0.676 e. The standard InChI is InChI=1S/C19H19N7O6.C6H12N2.Pt/c20-19-25-15-14(17(30)26-19)23-11(8-22-15)7-21-10-3-1-9(2-4-10)16(29)24-12(18(31)32)5-6-13(27)28;7-5-3-1-2-4-6(5)8;/h1-4,8,12,21H,5-7H2,(H,24,29)(H,27,28)(H,31,32)(H3,20,22,25,26,30);5-8H,1-4H2;/q;-2;+2. The second-order valence-corrected chi connectivity index (χ2v) is 9.21. The number of rotatable bonds is 9. The SMILES string of the molecule is Nc1nc2ncc(CNc3ccc(C(=O)NC(CCC(=O)O)C(=O)O)cc3)nc2c(=O)[nH]1.[NH-]C1CCCCC1[NH-].[Pt+2]. The first-order chi connectivity index (χ1) is 19.0. The molecule has 9 N–H and O–H groups in total. The van der Waals surface area contributed by atoms with Gasteiger partial charge in [-0.15, -0.1) is 0 Å². The zero-order valence-electron chi connectivity index (χ0n) is 21.8. The number of nitrogens with zero attached hydrogens (tertiary/aromatic N) is 3. The number of carboxylic acid groups (broad SMARTS) is 2. The van der Waals surface area contributed by atoms with Crippen LogP contribution in [-0.4, -0.2) is 66.1 Å². The Balaban J connectivity index is 0.000000563. The molecule has 0 spiro atoms. The van der Waals surface area contributed by atoms with Gasteiger partial charge in [-0.25, -0.2) is 14.8 Å². The van der Waals surface area contributed by atoms with E-state index >= 15 is 0 Å². The number of aromatic amines is 1. The van der Waals surface area contributed by atoms with Gasteiger partial charge < -0.3 is 38.0 Å². The Bertz CT molecular complexity index is 1390. The van der Waals surface area contributed by atoms with Crippen molar-refractivity contribution < 1.29 is 45.7 Å². The van der Waals surface area contributed by atoms with Crippen molar-refractivity contribution in [3.05, 3.63) is 63.5 Å². The predicted molar refractivity (Wildman–Crippen MR) is 147 cm³/mol. The molecule has 1 aliphatic carbocycles. The van der Waals surface area contributed by atoms with Crippen molar-refractivity contribution in [2.24, 2.45) is 0 Å². The maximum Gasteiger partial charge on any atom is 2.00 e. The molecule has 4 rings (SSSR count). The van der Waals surface area contributed by atoms with Crippen molar-refractivity contribution in [1.82, 2.24) is 25.3 Å². The fourth-order valence-electron chi connectivity index (χ4n) is 3.89. The van der Waals surface area contributed by atoms with Gasteiger partial charge in [0.1, 0.15) is 6.04 Å². The molecule has 1 fully saturated rings. The summed E-state index contributed by atoms with van der Waals surface area (Å²) in [5.74, 6) is -3.16. The number of benzene rings is 1. The van der Waals surface area contributed by atoms with Crippen molar-refractivity contribution in [3.63, 3.8) is 0 Å². The number of nitrogen functional groups attached to an aromatic ring is 1. The van der Waals surface area contributed by atoms with E-state index < -0.39 is 29.4 Å². The Labute approximate surface area is 249 Å². The number of hydrogen-bond acceptors (Lipinski definition) is 9. The summed E-state index contributed by atoms with van der Waals surface area (Å²) in [5.41, 5.74) is 21.1. The van der Waals surface area contributed by atoms with E-state index in [0.717, 1.165) is 12.8 Å². The van der Waals surface area contributed by atoms with Crippen LogP contribution in [-0.2, 0) is 37.2 Å². The number of carboxylic acids is 2. The number of aliphatic carboxylic acids is 2. The summed E-state index contributed by atoms with van der Waals surface area (Å²) in [4.78, 5) is 60.6. The first-order valence-electron chi connectivity index (χ1n) is 12.6. The van der Waals surface area contributed by atoms with Crippen LogP contribution >= 0.6 is 0 Å². The molecule has 3 aromatic rings. The maximum absolute atomic E-state index is 12.3. The number of aromatic nitrogens is 4. The third kappa shape index (κ3) is 10.2. The number of hydrogen-bond donors (Lipinski definition) is 6. The van der Waals surface area contributed by atoms with Crippen LogP contribution in [0.5, 0.6) is 0 Å². The van der Waals surface area contributed by atoms with Gasteiger partial charge in [-0.05, 0) is 30.7 Å². The molecule has 1 aromatic carbocycles. The van der Waals surface area contributed by atoms with Gasteiger partial charge in [0.05, 0.1) is 18.4 Å². The summed E-state index contributed by atoms with van der Waals surface area (Å²) in [6.07, 6.45) is 5.09.